The van der Waals surface area contributed by atoms with Gasteiger partial charge >= 0.3 is 0 Å². The topological polar surface area (TPSA) is 63.2 Å². The number of thiophene rings is 1. The Bertz CT molecular complexity index is 873. The van der Waals surface area contributed by atoms with Gasteiger partial charge in [0, 0.05) is 23.6 Å². The van der Waals surface area contributed by atoms with Gasteiger partial charge in [0.2, 0.25) is 0 Å². The summed E-state index contributed by atoms with van der Waals surface area (Å²) in [5.41, 5.74) is 2.26. The zero-order chi connectivity index (χ0) is 17.1. The van der Waals surface area contributed by atoms with Crippen molar-refractivity contribution >= 4 is 28.8 Å². The van der Waals surface area contributed by atoms with Crippen molar-refractivity contribution in [2.75, 3.05) is 11.9 Å². The Balaban J connectivity index is 1.80. The first kappa shape index (κ1) is 16.0. The van der Waals surface area contributed by atoms with E-state index in [-0.39, 0.29) is 11.7 Å². The molecule has 2 heterocycles. The van der Waals surface area contributed by atoms with Gasteiger partial charge in [-0.15, -0.1) is 21.5 Å². The minimum atomic E-state index is -0.214. The molecule has 0 unspecified atom stereocenters. The third kappa shape index (κ3) is 3.23. The van der Waals surface area contributed by atoms with Crippen LogP contribution in [0.4, 0.5) is 5.82 Å². The fourth-order valence-electron chi connectivity index (χ4n) is 2.17. The molecular formula is C18H15N3O2S. The van der Waals surface area contributed by atoms with Crippen LogP contribution in [0.15, 0.2) is 53.9 Å². The average Bonchev–Trinajstić information content (AvgIpc) is 3.12. The normalized spacial score (nSPS) is 10.4. The summed E-state index contributed by atoms with van der Waals surface area (Å²) in [6.07, 6.45) is 0. The molecule has 0 radical (unpaired) electrons. The highest BCUT2D eigenvalue weighted by molar-refractivity contribution is 7.12. The first-order valence-electron chi connectivity index (χ1n) is 7.33. The summed E-state index contributed by atoms with van der Waals surface area (Å²) in [7, 11) is 1.64. The fourth-order valence-corrected chi connectivity index (χ4v) is 3.09. The van der Waals surface area contributed by atoms with E-state index in [9.17, 15) is 9.59 Å². The van der Waals surface area contributed by atoms with E-state index in [1.54, 1.807) is 24.6 Å². The van der Waals surface area contributed by atoms with Gasteiger partial charge in [0.05, 0.1) is 10.6 Å². The summed E-state index contributed by atoms with van der Waals surface area (Å²) < 4.78 is 0. The van der Waals surface area contributed by atoms with E-state index < -0.39 is 0 Å². The lowest BCUT2D eigenvalue weighted by molar-refractivity contribution is 0.0995. The second-order valence-electron chi connectivity index (χ2n) is 5.26. The molecular weight excluding hydrogens is 322 g/mol. The van der Waals surface area contributed by atoms with Crippen molar-refractivity contribution < 1.29 is 9.59 Å². The summed E-state index contributed by atoms with van der Waals surface area (Å²) in [5, 5.41) is 10.0. The van der Waals surface area contributed by atoms with Gasteiger partial charge in [-0.2, -0.15) is 0 Å². The molecule has 0 N–H and O–H groups in total. The van der Waals surface area contributed by atoms with Gasteiger partial charge in [0.15, 0.2) is 11.6 Å². The zero-order valence-electron chi connectivity index (χ0n) is 13.3. The molecule has 3 aromatic rings. The lowest BCUT2D eigenvalue weighted by atomic mass is 10.1. The highest BCUT2D eigenvalue weighted by atomic mass is 32.1. The van der Waals surface area contributed by atoms with E-state index >= 15 is 0 Å². The standard InChI is InChI=1S/C18H15N3O2S/c1-12(22)14-10-16(24-11-14)18(23)21(2)17-9-8-15(19-20-17)13-6-4-3-5-7-13/h3-11H,1-2H3. The molecule has 0 aliphatic rings. The number of benzene rings is 1. The molecule has 6 heteroatoms. The van der Waals surface area contributed by atoms with Crippen LogP contribution in [-0.2, 0) is 0 Å². The highest BCUT2D eigenvalue weighted by Crippen LogP contribution is 2.21. The first-order valence-corrected chi connectivity index (χ1v) is 8.21. The average molecular weight is 337 g/mol. The molecule has 0 aliphatic heterocycles. The van der Waals surface area contributed by atoms with Gasteiger partial charge in [-0.3, -0.25) is 14.5 Å². The van der Waals surface area contributed by atoms with Gasteiger partial charge in [0.1, 0.15) is 0 Å². The maximum atomic E-state index is 12.5. The Morgan fingerprint density at radius 3 is 2.38 bits per heavy atom. The molecule has 0 spiro atoms. The number of aromatic nitrogens is 2. The summed E-state index contributed by atoms with van der Waals surface area (Å²) in [4.78, 5) is 25.8. The number of ketones is 1. The molecule has 0 bridgehead atoms. The summed E-state index contributed by atoms with van der Waals surface area (Å²) in [5.74, 6) is 0.187. The van der Waals surface area contributed by atoms with E-state index in [0.717, 1.165) is 11.3 Å². The molecule has 0 atom stereocenters. The molecule has 120 valence electrons. The van der Waals surface area contributed by atoms with Gasteiger partial charge in [-0.05, 0) is 25.1 Å². The van der Waals surface area contributed by atoms with Crippen LogP contribution in [-0.4, -0.2) is 28.9 Å². The number of hydrogen-bond acceptors (Lipinski definition) is 5. The summed E-state index contributed by atoms with van der Waals surface area (Å²) >= 11 is 1.25. The maximum absolute atomic E-state index is 12.5. The van der Waals surface area contributed by atoms with Crippen molar-refractivity contribution in [3.63, 3.8) is 0 Å². The number of anilines is 1. The predicted molar refractivity (Wildman–Crippen MR) is 94.5 cm³/mol. The van der Waals surface area contributed by atoms with Crippen LogP contribution in [0.2, 0.25) is 0 Å². The van der Waals surface area contributed by atoms with E-state index in [1.165, 1.54) is 23.2 Å². The van der Waals surface area contributed by atoms with E-state index in [2.05, 4.69) is 10.2 Å². The smallest absolute Gasteiger partial charge is 0.269 e. The minimum Gasteiger partial charge on any atom is -0.294 e. The SMILES string of the molecule is CC(=O)c1csc(C(=O)N(C)c2ccc(-c3ccccc3)nn2)c1. The molecule has 5 nitrogen and oxygen atoms in total. The van der Waals surface area contributed by atoms with Gasteiger partial charge in [-0.1, -0.05) is 30.3 Å². The Morgan fingerprint density at radius 2 is 1.79 bits per heavy atom. The predicted octanol–water partition coefficient (Wildman–Crippen LogP) is 3.68. The van der Waals surface area contributed by atoms with Crippen LogP contribution in [0.5, 0.6) is 0 Å². The number of carbonyl (C=O) groups excluding carboxylic acids is 2. The van der Waals surface area contributed by atoms with Crippen LogP contribution in [0, 0.1) is 0 Å². The van der Waals surface area contributed by atoms with Crippen LogP contribution in [0.3, 0.4) is 0 Å². The Kier molecular flexibility index (Phi) is 4.48. The van der Waals surface area contributed by atoms with Crippen molar-refractivity contribution in [3.05, 3.63) is 64.4 Å². The molecule has 1 amide bonds. The Morgan fingerprint density at radius 1 is 1.04 bits per heavy atom. The summed E-state index contributed by atoms with van der Waals surface area (Å²) in [6, 6.07) is 14.9. The van der Waals surface area contributed by atoms with Gasteiger partial charge < -0.3 is 0 Å². The molecule has 3 rings (SSSR count). The molecule has 0 fully saturated rings. The summed E-state index contributed by atoms with van der Waals surface area (Å²) in [6.45, 7) is 1.48. The number of hydrogen-bond donors (Lipinski definition) is 0. The molecule has 24 heavy (non-hydrogen) atoms. The van der Waals surface area contributed by atoms with Crippen molar-refractivity contribution in [3.8, 4) is 11.3 Å². The van der Waals surface area contributed by atoms with E-state index in [1.807, 2.05) is 36.4 Å². The Labute approximate surface area is 143 Å². The minimum absolute atomic E-state index is 0.0556. The highest BCUT2D eigenvalue weighted by Gasteiger charge is 2.18. The quantitative estimate of drug-likeness (QED) is 0.681. The van der Waals surface area contributed by atoms with Gasteiger partial charge in [-0.25, -0.2) is 0 Å². The molecule has 1 aromatic carbocycles. The third-order valence-electron chi connectivity index (χ3n) is 3.59. The molecule has 0 saturated heterocycles. The largest absolute Gasteiger partial charge is 0.294 e. The van der Waals surface area contributed by atoms with Crippen molar-refractivity contribution in [1.82, 2.24) is 10.2 Å². The number of carbonyl (C=O) groups is 2. The monoisotopic (exact) mass is 337 g/mol. The van der Waals surface area contributed by atoms with Crippen LogP contribution >= 0.6 is 11.3 Å². The van der Waals surface area contributed by atoms with Crippen LogP contribution < -0.4 is 4.90 Å². The second kappa shape index (κ2) is 6.72. The van der Waals surface area contributed by atoms with Crippen LogP contribution in [0.25, 0.3) is 11.3 Å². The third-order valence-corrected chi connectivity index (χ3v) is 4.50. The lowest BCUT2D eigenvalue weighted by Gasteiger charge is -2.14. The zero-order valence-corrected chi connectivity index (χ0v) is 14.1. The number of amides is 1. The Hall–Kier alpha value is -2.86. The van der Waals surface area contributed by atoms with Crippen molar-refractivity contribution in [2.45, 2.75) is 6.92 Å². The van der Waals surface area contributed by atoms with E-state index in [4.69, 9.17) is 0 Å². The molecule has 0 aliphatic carbocycles. The lowest BCUT2D eigenvalue weighted by Crippen LogP contribution is -2.26. The van der Waals surface area contributed by atoms with E-state index in [0.29, 0.717) is 16.3 Å². The molecule has 2 aromatic heterocycles. The van der Waals surface area contributed by atoms with Crippen molar-refractivity contribution in [2.24, 2.45) is 0 Å². The maximum Gasteiger partial charge on any atom is 0.269 e. The number of rotatable bonds is 4. The van der Waals surface area contributed by atoms with Gasteiger partial charge in [0.25, 0.3) is 5.91 Å². The fraction of sp³-hybridized carbons (Fsp3) is 0.111. The van der Waals surface area contributed by atoms with Crippen molar-refractivity contribution in [1.29, 1.82) is 0 Å². The second-order valence-corrected chi connectivity index (χ2v) is 6.17. The first-order chi connectivity index (χ1) is 11.6. The number of Topliss-reactive ketones (excluding diaryl/α,β-unsaturated/α-hetero) is 1. The van der Waals surface area contributed by atoms with Crippen LogP contribution in [0.1, 0.15) is 27.0 Å². The number of nitrogens with zero attached hydrogens (tertiary/aromatic N) is 3. The molecule has 0 saturated carbocycles.